The first-order chi connectivity index (χ1) is 16.9. The van der Waals surface area contributed by atoms with Crippen molar-refractivity contribution in [3.05, 3.63) is 107 Å². The standard InChI is InChI=1S/C28H29F2N3O2/c1-2-18-4-3-5-19(10-18)16-31-17-27(34)26(13-20-11-23(29)15-24(30)12-20)33-28(35)22-6-7-25-21(14-22)8-9-32-25/h3-12,14-15,26-27,31-32,34H,2,13,16-17H2,1H3,(H,33,35). The third kappa shape index (κ3) is 6.53. The van der Waals surface area contributed by atoms with Crippen molar-refractivity contribution in [2.45, 2.75) is 38.5 Å². The average molecular weight is 478 g/mol. The molecule has 4 N–H and O–H groups in total. The first-order valence-corrected chi connectivity index (χ1v) is 11.7. The van der Waals surface area contributed by atoms with Crippen LogP contribution in [0.15, 0.2) is 72.9 Å². The molecular formula is C28H29F2N3O2. The van der Waals surface area contributed by atoms with Gasteiger partial charge in [0.25, 0.3) is 5.91 Å². The van der Waals surface area contributed by atoms with Crippen LogP contribution >= 0.6 is 0 Å². The maximum atomic E-state index is 13.8. The summed E-state index contributed by atoms with van der Waals surface area (Å²) in [6.45, 7) is 2.83. The van der Waals surface area contributed by atoms with Crippen molar-refractivity contribution >= 4 is 16.8 Å². The van der Waals surface area contributed by atoms with Gasteiger partial charge in [-0.1, -0.05) is 31.2 Å². The molecule has 0 spiro atoms. The summed E-state index contributed by atoms with van der Waals surface area (Å²) in [6, 6.07) is 17.7. The van der Waals surface area contributed by atoms with Crippen LogP contribution in [0, 0.1) is 11.6 Å². The first kappa shape index (κ1) is 24.6. The lowest BCUT2D eigenvalue weighted by atomic mass is 9.99. The van der Waals surface area contributed by atoms with Gasteiger partial charge in [-0.15, -0.1) is 0 Å². The van der Waals surface area contributed by atoms with Crippen molar-refractivity contribution in [1.82, 2.24) is 15.6 Å². The molecule has 0 aliphatic heterocycles. The zero-order valence-electron chi connectivity index (χ0n) is 19.5. The van der Waals surface area contributed by atoms with Gasteiger partial charge in [0.05, 0.1) is 12.1 Å². The molecule has 1 amide bonds. The number of carbonyl (C=O) groups is 1. The highest BCUT2D eigenvalue weighted by molar-refractivity contribution is 5.98. The smallest absolute Gasteiger partial charge is 0.251 e. The molecule has 0 bridgehead atoms. The number of hydrogen-bond acceptors (Lipinski definition) is 3. The summed E-state index contributed by atoms with van der Waals surface area (Å²) in [5.74, 6) is -1.78. The second kappa shape index (κ2) is 11.3. The average Bonchev–Trinajstić information content (AvgIpc) is 3.31. The van der Waals surface area contributed by atoms with Crippen LogP contribution in [0.2, 0.25) is 0 Å². The molecule has 7 heteroatoms. The topological polar surface area (TPSA) is 77.2 Å². The molecule has 0 saturated heterocycles. The van der Waals surface area contributed by atoms with Gasteiger partial charge in [0, 0.05) is 41.8 Å². The highest BCUT2D eigenvalue weighted by Crippen LogP contribution is 2.16. The van der Waals surface area contributed by atoms with Crippen LogP contribution in [0.4, 0.5) is 8.78 Å². The predicted octanol–water partition coefficient (Wildman–Crippen LogP) is 4.50. The Kier molecular flexibility index (Phi) is 7.90. The Morgan fingerprint density at radius 2 is 1.74 bits per heavy atom. The normalized spacial score (nSPS) is 13.0. The molecule has 5 nitrogen and oxygen atoms in total. The Labute approximate surface area is 203 Å². The third-order valence-corrected chi connectivity index (χ3v) is 6.06. The van der Waals surface area contributed by atoms with E-state index in [2.05, 4.69) is 34.7 Å². The fourth-order valence-corrected chi connectivity index (χ4v) is 4.18. The molecule has 35 heavy (non-hydrogen) atoms. The number of nitrogens with one attached hydrogen (secondary N) is 3. The molecule has 4 rings (SSSR count). The van der Waals surface area contributed by atoms with Crippen LogP contribution in [-0.2, 0) is 19.4 Å². The number of aromatic amines is 1. The monoisotopic (exact) mass is 477 g/mol. The molecule has 2 unspecified atom stereocenters. The van der Waals surface area contributed by atoms with Gasteiger partial charge in [0.2, 0.25) is 0 Å². The molecule has 3 aromatic carbocycles. The number of aromatic nitrogens is 1. The van der Waals surface area contributed by atoms with E-state index in [1.165, 1.54) is 17.7 Å². The maximum Gasteiger partial charge on any atom is 0.251 e. The number of carbonyl (C=O) groups excluding carboxylic acids is 1. The maximum absolute atomic E-state index is 13.8. The van der Waals surface area contributed by atoms with E-state index in [4.69, 9.17) is 0 Å². The van der Waals surface area contributed by atoms with E-state index in [0.29, 0.717) is 17.7 Å². The number of aliphatic hydroxyl groups excluding tert-OH is 1. The minimum absolute atomic E-state index is 0.0704. The molecule has 4 aromatic rings. The van der Waals surface area contributed by atoms with Crippen LogP contribution in [-0.4, -0.2) is 34.7 Å². The van der Waals surface area contributed by atoms with Crippen LogP contribution in [0.5, 0.6) is 0 Å². The Bertz CT molecular complexity index is 1280. The fraction of sp³-hybridized carbons (Fsp3) is 0.250. The largest absolute Gasteiger partial charge is 0.390 e. The molecular weight excluding hydrogens is 448 g/mol. The molecule has 182 valence electrons. The highest BCUT2D eigenvalue weighted by atomic mass is 19.1. The second-order valence-electron chi connectivity index (χ2n) is 8.71. The quantitative estimate of drug-likeness (QED) is 0.272. The number of H-pyrrole nitrogens is 1. The molecule has 1 heterocycles. The summed E-state index contributed by atoms with van der Waals surface area (Å²) in [5, 5.41) is 17.9. The highest BCUT2D eigenvalue weighted by Gasteiger charge is 2.23. The zero-order chi connectivity index (χ0) is 24.8. The van der Waals surface area contributed by atoms with Crippen molar-refractivity contribution in [1.29, 1.82) is 0 Å². The molecule has 2 atom stereocenters. The van der Waals surface area contributed by atoms with Crippen LogP contribution in [0.25, 0.3) is 10.9 Å². The van der Waals surface area contributed by atoms with Gasteiger partial charge in [-0.2, -0.15) is 0 Å². The van der Waals surface area contributed by atoms with E-state index in [0.717, 1.165) is 29.0 Å². The number of fused-ring (bicyclic) bond motifs is 1. The third-order valence-electron chi connectivity index (χ3n) is 6.06. The van der Waals surface area contributed by atoms with Gasteiger partial charge in [0.1, 0.15) is 11.6 Å². The van der Waals surface area contributed by atoms with Gasteiger partial charge in [-0.25, -0.2) is 8.78 Å². The SMILES string of the molecule is CCc1cccc(CNCC(O)C(Cc2cc(F)cc(F)c2)NC(=O)c2ccc3[nH]ccc3c2)c1. The predicted molar refractivity (Wildman–Crippen MR) is 133 cm³/mol. The van der Waals surface area contributed by atoms with Crippen molar-refractivity contribution < 1.29 is 18.7 Å². The van der Waals surface area contributed by atoms with E-state index >= 15 is 0 Å². The van der Waals surface area contributed by atoms with Crippen molar-refractivity contribution in [3.63, 3.8) is 0 Å². The summed E-state index contributed by atoms with van der Waals surface area (Å²) in [6.07, 6.45) is 1.81. The minimum Gasteiger partial charge on any atom is -0.390 e. The number of benzene rings is 3. The molecule has 1 aromatic heterocycles. The van der Waals surface area contributed by atoms with Crippen LogP contribution in [0.1, 0.15) is 34.0 Å². The Morgan fingerprint density at radius 3 is 2.51 bits per heavy atom. The first-order valence-electron chi connectivity index (χ1n) is 11.7. The number of amides is 1. The number of aliphatic hydroxyl groups is 1. The zero-order valence-corrected chi connectivity index (χ0v) is 19.5. The molecule has 0 fully saturated rings. The Balaban J connectivity index is 1.47. The molecule has 0 radical (unpaired) electrons. The summed E-state index contributed by atoms with van der Waals surface area (Å²) >= 11 is 0. The van der Waals surface area contributed by atoms with E-state index in [9.17, 15) is 18.7 Å². The summed E-state index contributed by atoms with van der Waals surface area (Å²) in [5.41, 5.74) is 4.00. The van der Waals surface area contributed by atoms with Crippen molar-refractivity contribution in [2.75, 3.05) is 6.54 Å². The van der Waals surface area contributed by atoms with Gasteiger partial charge >= 0.3 is 0 Å². The second-order valence-corrected chi connectivity index (χ2v) is 8.71. The lowest BCUT2D eigenvalue weighted by Crippen LogP contribution is -2.48. The Hall–Kier alpha value is -3.55. The molecule has 0 saturated carbocycles. The molecule has 0 aliphatic carbocycles. The van der Waals surface area contributed by atoms with Gasteiger partial charge in [-0.05, 0) is 65.9 Å². The number of rotatable bonds is 10. The fourth-order valence-electron chi connectivity index (χ4n) is 4.18. The van der Waals surface area contributed by atoms with E-state index in [1.807, 2.05) is 24.3 Å². The number of halogens is 2. The number of hydrogen-bond donors (Lipinski definition) is 4. The Morgan fingerprint density at radius 1 is 0.971 bits per heavy atom. The number of aryl methyl sites for hydroxylation is 1. The van der Waals surface area contributed by atoms with Crippen molar-refractivity contribution in [2.24, 2.45) is 0 Å². The van der Waals surface area contributed by atoms with Gasteiger partial charge in [-0.3, -0.25) is 4.79 Å². The van der Waals surface area contributed by atoms with E-state index in [1.54, 1.807) is 18.3 Å². The van der Waals surface area contributed by atoms with Crippen LogP contribution in [0.3, 0.4) is 0 Å². The van der Waals surface area contributed by atoms with Crippen LogP contribution < -0.4 is 10.6 Å². The molecule has 0 aliphatic rings. The van der Waals surface area contributed by atoms with Gasteiger partial charge < -0.3 is 20.7 Å². The summed E-state index contributed by atoms with van der Waals surface area (Å²) in [4.78, 5) is 16.1. The summed E-state index contributed by atoms with van der Waals surface area (Å²) < 4.78 is 27.5. The van der Waals surface area contributed by atoms with E-state index in [-0.39, 0.29) is 18.9 Å². The minimum atomic E-state index is -0.990. The van der Waals surface area contributed by atoms with Crippen molar-refractivity contribution in [3.8, 4) is 0 Å². The summed E-state index contributed by atoms with van der Waals surface area (Å²) in [7, 11) is 0. The van der Waals surface area contributed by atoms with E-state index < -0.39 is 23.8 Å². The lowest BCUT2D eigenvalue weighted by molar-refractivity contribution is 0.0830. The van der Waals surface area contributed by atoms with Gasteiger partial charge in [0.15, 0.2) is 0 Å². The lowest BCUT2D eigenvalue weighted by Gasteiger charge is -2.25.